The molecule has 2 rings (SSSR count). The van der Waals surface area contributed by atoms with Gasteiger partial charge in [-0.1, -0.05) is 0 Å². The summed E-state index contributed by atoms with van der Waals surface area (Å²) in [6.07, 6.45) is 0. The first-order valence-electron chi connectivity index (χ1n) is 4.98. The maximum atomic E-state index is 11.0. The van der Waals surface area contributed by atoms with Crippen LogP contribution in [0.15, 0.2) is 24.3 Å². The van der Waals surface area contributed by atoms with Gasteiger partial charge in [0.2, 0.25) is 0 Å². The first-order chi connectivity index (χ1) is 8.52. The number of fused-ring (bicyclic) bond motifs is 1. The van der Waals surface area contributed by atoms with E-state index in [0.717, 1.165) is 0 Å². The summed E-state index contributed by atoms with van der Waals surface area (Å²) in [6.45, 7) is 0. The molecule has 0 spiro atoms. The molecule has 6 heteroatoms. The van der Waals surface area contributed by atoms with Crippen LogP contribution < -0.4 is 4.74 Å². The Morgan fingerprint density at radius 3 is 2.44 bits per heavy atom. The van der Waals surface area contributed by atoms with Gasteiger partial charge in [0.15, 0.2) is 5.69 Å². The van der Waals surface area contributed by atoms with Crippen molar-refractivity contribution in [1.82, 2.24) is 4.98 Å². The third-order valence-corrected chi connectivity index (χ3v) is 2.45. The standard InChI is InChI=1S/C12H9NO5/c1-18-7-2-3-9-6(4-7)5-8(11(14)15)10(13-9)12(16)17/h2-5H,1H3,(H,14,15)(H,16,17). The molecule has 18 heavy (non-hydrogen) atoms. The van der Waals surface area contributed by atoms with E-state index in [0.29, 0.717) is 16.7 Å². The lowest BCUT2D eigenvalue weighted by atomic mass is 10.1. The second kappa shape index (κ2) is 4.33. The number of hydrogen-bond acceptors (Lipinski definition) is 4. The predicted molar refractivity (Wildman–Crippen MR) is 62.2 cm³/mol. The van der Waals surface area contributed by atoms with Crippen molar-refractivity contribution in [2.24, 2.45) is 0 Å². The number of benzene rings is 1. The van der Waals surface area contributed by atoms with E-state index in [1.54, 1.807) is 18.2 Å². The third-order valence-electron chi connectivity index (χ3n) is 2.45. The Hall–Kier alpha value is -2.63. The van der Waals surface area contributed by atoms with Gasteiger partial charge in [0.1, 0.15) is 5.75 Å². The number of nitrogens with zero attached hydrogens (tertiary/aromatic N) is 1. The van der Waals surface area contributed by atoms with Crippen LogP contribution in [0.3, 0.4) is 0 Å². The molecular weight excluding hydrogens is 238 g/mol. The van der Waals surface area contributed by atoms with E-state index in [1.165, 1.54) is 13.2 Å². The van der Waals surface area contributed by atoms with Gasteiger partial charge in [0, 0.05) is 5.39 Å². The second-order valence-electron chi connectivity index (χ2n) is 3.55. The number of pyridine rings is 1. The molecule has 0 saturated carbocycles. The molecule has 1 aromatic carbocycles. The van der Waals surface area contributed by atoms with E-state index in [1.807, 2.05) is 0 Å². The van der Waals surface area contributed by atoms with Crippen molar-refractivity contribution >= 4 is 22.8 Å². The first kappa shape index (κ1) is 11.8. The number of methoxy groups -OCH3 is 1. The van der Waals surface area contributed by atoms with Crippen molar-refractivity contribution in [2.75, 3.05) is 7.11 Å². The van der Waals surface area contributed by atoms with Gasteiger partial charge in [0.25, 0.3) is 0 Å². The highest BCUT2D eigenvalue weighted by molar-refractivity contribution is 6.03. The van der Waals surface area contributed by atoms with Crippen LogP contribution in [0.25, 0.3) is 10.9 Å². The Morgan fingerprint density at radius 2 is 1.89 bits per heavy atom. The Balaban J connectivity index is 2.76. The minimum absolute atomic E-state index is 0.344. The molecule has 0 aliphatic heterocycles. The van der Waals surface area contributed by atoms with Gasteiger partial charge in [-0.3, -0.25) is 0 Å². The minimum Gasteiger partial charge on any atom is -0.497 e. The van der Waals surface area contributed by atoms with Gasteiger partial charge in [-0.25, -0.2) is 14.6 Å². The van der Waals surface area contributed by atoms with Crippen molar-refractivity contribution in [3.8, 4) is 5.75 Å². The molecule has 6 nitrogen and oxygen atoms in total. The summed E-state index contributed by atoms with van der Waals surface area (Å²) in [6, 6.07) is 6.07. The maximum absolute atomic E-state index is 11.0. The van der Waals surface area contributed by atoms with Crippen molar-refractivity contribution in [1.29, 1.82) is 0 Å². The molecule has 0 aliphatic rings. The second-order valence-corrected chi connectivity index (χ2v) is 3.55. The highest BCUT2D eigenvalue weighted by atomic mass is 16.5. The van der Waals surface area contributed by atoms with Crippen molar-refractivity contribution < 1.29 is 24.5 Å². The zero-order valence-corrected chi connectivity index (χ0v) is 9.38. The molecule has 0 bridgehead atoms. The zero-order chi connectivity index (χ0) is 13.3. The van der Waals surface area contributed by atoms with Crippen molar-refractivity contribution in [2.45, 2.75) is 0 Å². The lowest BCUT2D eigenvalue weighted by molar-refractivity contribution is 0.0647. The van der Waals surface area contributed by atoms with Gasteiger partial charge in [-0.15, -0.1) is 0 Å². The number of carbonyl (C=O) groups is 2. The highest BCUT2D eigenvalue weighted by Crippen LogP contribution is 2.22. The van der Waals surface area contributed by atoms with Crippen LogP contribution in [0.5, 0.6) is 5.75 Å². The monoisotopic (exact) mass is 247 g/mol. The molecule has 2 aromatic rings. The number of hydrogen-bond donors (Lipinski definition) is 2. The van der Waals surface area contributed by atoms with Gasteiger partial charge < -0.3 is 14.9 Å². The number of ether oxygens (including phenoxy) is 1. The Morgan fingerprint density at radius 1 is 1.17 bits per heavy atom. The van der Waals surface area contributed by atoms with Gasteiger partial charge in [0.05, 0.1) is 18.2 Å². The van der Waals surface area contributed by atoms with E-state index in [4.69, 9.17) is 14.9 Å². The number of carboxylic acid groups (broad SMARTS) is 2. The van der Waals surface area contributed by atoms with Gasteiger partial charge >= 0.3 is 11.9 Å². The van der Waals surface area contributed by atoms with Crippen LogP contribution in [0.2, 0.25) is 0 Å². The van der Waals surface area contributed by atoms with E-state index in [2.05, 4.69) is 4.98 Å². The fourth-order valence-corrected chi connectivity index (χ4v) is 1.61. The molecule has 1 heterocycles. The fourth-order valence-electron chi connectivity index (χ4n) is 1.61. The number of rotatable bonds is 3. The molecule has 0 saturated heterocycles. The molecule has 1 aromatic heterocycles. The van der Waals surface area contributed by atoms with Crippen LogP contribution in [-0.4, -0.2) is 34.2 Å². The van der Waals surface area contributed by atoms with E-state index in [9.17, 15) is 9.59 Å². The van der Waals surface area contributed by atoms with Gasteiger partial charge in [-0.2, -0.15) is 0 Å². The summed E-state index contributed by atoms with van der Waals surface area (Å²) in [5, 5.41) is 18.4. The van der Waals surface area contributed by atoms with Crippen molar-refractivity contribution in [3.05, 3.63) is 35.5 Å². The van der Waals surface area contributed by atoms with E-state index in [-0.39, 0.29) is 5.56 Å². The van der Waals surface area contributed by atoms with Crippen molar-refractivity contribution in [3.63, 3.8) is 0 Å². The molecule has 0 fully saturated rings. The maximum Gasteiger partial charge on any atom is 0.355 e. The molecule has 0 unspecified atom stereocenters. The molecule has 0 aliphatic carbocycles. The van der Waals surface area contributed by atoms with E-state index >= 15 is 0 Å². The SMILES string of the molecule is COc1ccc2nc(C(=O)O)c(C(=O)O)cc2c1. The summed E-state index contributed by atoms with van der Waals surface area (Å²) in [5.74, 6) is -2.15. The Labute approximate surface area is 101 Å². The summed E-state index contributed by atoms with van der Waals surface area (Å²) in [4.78, 5) is 25.8. The van der Waals surface area contributed by atoms with E-state index < -0.39 is 17.6 Å². The first-order valence-corrected chi connectivity index (χ1v) is 4.98. The average molecular weight is 247 g/mol. The van der Waals surface area contributed by atoms with Crippen LogP contribution in [0.4, 0.5) is 0 Å². The summed E-state index contributed by atoms with van der Waals surface area (Å²) in [5.41, 5.74) is -0.415. The summed E-state index contributed by atoms with van der Waals surface area (Å²) < 4.78 is 5.01. The molecule has 92 valence electrons. The predicted octanol–water partition coefficient (Wildman–Crippen LogP) is 1.64. The van der Waals surface area contributed by atoms with Crippen LogP contribution in [0.1, 0.15) is 20.8 Å². The molecule has 0 atom stereocenters. The van der Waals surface area contributed by atoms with Crippen LogP contribution >= 0.6 is 0 Å². The minimum atomic E-state index is -1.37. The average Bonchev–Trinajstić information content (AvgIpc) is 2.36. The lowest BCUT2D eigenvalue weighted by Gasteiger charge is -2.05. The quantitative estimate of drug-likeness (QED) is 0.855. The molecule has 0 radical (unpaired) electrons. The van der Waals surface area contributed by atoms with Gasteiger partial charge in [-0.05, 0) is 24.3 Å². The van der Waals surface area contributed by atoms with Crippen LogP contribution in [-0.2, 0) is 0 Å². The third kappa shape index (κ3) is 1.95. The summed E-state index contributed by atoms with van der Waals surface area (Å²) in [7, 11) is 1.48. The fraction of sp³-hybridized carbons (Fsp3) is 0.0833. The smallest absolute Gasteiger partial charge is 0.355 e. The number of aromatic nitrogens is 1. The zero-order valence-electron chi connectivity index (χ0n) is 9.38. The Bertz CT molecular complexity index is 650. The normalized spacial score (nSPS) is 10.3. The lowest BCUT2D eigenvalue weighted by Crippen LogP contribution is -2.10. The largest absolute Gasteiger partial charge is 0.497 e. The molecular formula is C12H9NO5. The summed E-state index contributed by atoms with van der Waals surface area (Å²) >= 11 is 0. The molecule has 0 amide bonds. The highest BCUT2D eigenvalue weighted by Gasteiger charge is 2.18. The topological polar surface area (TPSA) is 96.7 Å². The number of carboxylic acids is 2. The Kier molecular flexibility index (Phi) is 2.85. The van der Waals surface area contributed by atoms with Crippen LogP contribution in [0, 0.1) is 0 Å². The number of aromatic carboxylic acids is 2. The molecule has 2 N–H and O–H groups in total.